The van der Waals surface area contributed by atoms with Crippen molar-refractivity contribution in [3.05, 3.63) is 104 Å². The number of hydrogen-bond donors (Lipinski definition) is 1. The van der Waals surface area contributed by atoms with Crippen LogP contribution in [0.4, 0.5) is 0 Å². The maximum atomic E-state index is 12.7. The Morgan fingerprint density at radius 2 is 1.77 bits per heavy atom. The van der Waals surface area contributed by atoms with Crippen LogP contribution in [0.25, 0.3) is 10.2 Å². The van der Waals surface area contributed by atoms with Crippen LogP contribution in [0.1, 0.15) is 42.5 Å². The molecule has 1 amide bonds. The van der Waals surface area contributed by atoms with Gasteiger partial charge in [-0.1, -0.05) is 72.0 Å². The highest BCUT2D eigenvalue weighted by Gasteiger charge is 2.22. The topological polar surface area (TPSA) is 116 Å². The van der Waals surface area contributed by atoms with Crippen LogP contribution in [-0.2, 0) is 27.3 Å². The van der Waals surface area contributed by atoms with E-state index in [2.05, 4.69) is 10.5 Å². The number of hydrogen-bond acceptors (Lipinski definition) is 8. The predicted molar refractivity (Wildman–Crippen MR) is 155 cm³/mol. The molecule has 0 saturated carbocycles. The van der Waals surface area contributed by atoms with Gasteiger partial charge in [0.1, 0.15) is 24.4 Å². The third-order valence-corrected chi connectivity index (χ3v) is 7.42. The van der Waals surface area contributed by atoms with Crippen molar-refractivity contribution in [2.45, 2.75) is 44.8 Å². The van der Waals surface area contributed by atoms with Gasteiger partial charge < -0.3 is 14.8 Å². The molecule has 0 bridgehead atoms. The molecule has 4 aromatic rings. The third-order valence-electron chi connectivity index (χ3n) is 6.47. The molecule has 0 aliphatic heterocycles. The Labute approximate surface area is 235 Å². The first-order chi connectivity index (χ1) is 19.4. The van der Waals surface area contributed by atoms with Crippen LogP contribution in [0, 0.1) is 4.91 Å². The van der Waals surface area contributed by atoms with Crippen molar-refractivity contribution in [2.24, 2.45) is 5.18 Å². The van der Waals surface area contributed by atoms with E-state index < -0.39 is 18.1 Å². The van der Waals surface area contributed by atoms with Gasteiger partial charge in [0.05, 0.1) is 23.9 Å². The predicted octanol–water partition coefficient (Wildman–Crippen LogP) is 5.00. The summed E-state index contributed by atoms with van der Waals surface area (Å²) in [5, 5.41) is 6.04. The lowest BCUT2D eigenvalue weighted by molar-refractivity contribution is -0.145. The van der Waals surface area contributed by atoms with Gasteiger partial charge in [0.2, 0.25) is 5.91 Å². The lowest BCUT2D eigenvalue weighted by Crippen LogP contribution is -2.42. The first-order valence-corrected chi connectivity index (χ1v) is 13.8. The van der Waals surface area contributed by atoms with E-state index in [0.29, 0.717) is 31.6 Å². The van der Waals surface area contributed by atoms with Crippen molar-refractivity contribution in [1.82, 2.24) is 9.88 Å². The Bertz CT molecular complexity index is 1510. The molecule has 2 unspecified atom stereocenters. The lowest BCUT2D eigenvalue weighted by atomic mass is 9.99. The van der Waals surface area contributed by atoms with Gasteiger partial charge in [-0.05, 0) is 47.4 Å². The first-order valence-electron chi connectivity index (χ1n) is 13.0. The number of thiazole rings is 1. The number of methoxy groups -OCH3 is 1. The van der Waals surface area contributed by atoms with Crippen LogP contribution in [0.5, 0.6) is 5.75 Å². The van der Waals surface area contributed by atoms with Crippen LogP contribution in [0.3, 0.4) is 0 Å². The number of nitroso groups, excluding NO2 is 1. The standard InChI is InChI=1S/C30H31N3O6S/c1-3-7-27(34)31-24(29(35)38-2)18-20-10-13-23(14-11-20)39-17-16-33-25-15-12-22(19-26(25)40-30(33)36)28(32-37)21-8-5-4-6-9-21/h4-6,8-15,19,24,28H,3,7,16-18H2,1-2H3,(H,31,34). The smallest absolute Gasteiger partial charge is 0.328 e. The van der Waals surface area contributed by atoms with E-state index in [1.54, 1.807) is 16.7 Å². The number of benzene rings is 3. The second-order valence-electron chi connectivity index (χ2n) is 9.26. The van der Waals surface area contributed by atoms with Crippen LogP contribution in [0.15, 0.2) is 82.8 Å². The summed E-state index contributed by atoms with van der Waals surface area (Å²) in [4.78, 5) is 48.3. The highest BCUT2D eigenvalue weighted by Crippen LogP contribution is 2.29. The zero-order chi connectivity index (χ0) is 28.5. The van der Waals surface area contributed by atoms with Crippen LogP contribution < -0.4 is 14.9 Å². The summed E-state index contributed by atoms with van der Waals surface area (Å²) < 4.78 is 13.1. The normalized spacial score (nSPS) is 12.4. The van der Waals surface area contributed by atoms with Gasteiger partial charge >= 0.3 is 10.8 Å². The molecule has 208 valence electrons. The van der Waals surface area contributed by atoms with Crippen molar-refractivity contribution in [2.75, 3.05) is 13.7 Å². The summed E-state index contributed by atoms with van der Waals surface area (Å²) in [6.07, 6.45) is 1.33. The number of carbonyl (C=O) groups is 2. The fraction of sp³-hybridized carbons (Fsp3) is 0.300. The van der Waals surface area contributed by atoms with E-state index in [9.17, 15) is 19.3 Å². The molecule has 10 heteroatoms. The number of ether oxygens (including phenoxy) is 2. The Kier molecular flexibility index (Phi) is 9.80. The molecule has 0 fully saturated rings. The SMILES string of the molecule is CCCC(=O)NC(Cc1ccc(OCCn2c(=O)sc3cc(C(N=O)c4ccccc4)ccc32)cc1)C(=O)OC. The van der Waals surface area contributed by atoms with Gasteiger partial charge in [-0.3, -0.25) is 14.2 Å². The summed E-state index contributed by atoms with van der Waals surface area (Å²) in [5.41, 5.74) is 3.14. The van der Waals surface area contributed by atoms with E-state index >= 15 is 0 Å². The van der Waals surface area contributed by atoms with Gasteiger partial charge in [0.15, 0.2) is 0 Å². The zero-order valence-electron chi connectivity index (χ0n) is 22.4. The molecule has 0 aliphatic rings. The van der Waals surface area contributed by atoms with Gasteiger partial charge in [-0.15, -0.1) is 4.91 Å². The first kappa shape index (κ1) is 28.7. The summed E-state index contributed by atoms with van der Waals surface area (Å²) in [5.74, 6) is -0.0731. The number of rotatable bonds is 13. The highest BCUT2D eigenvalue weighted by atomic mass is 32.1. The maximum absolute atomic E-state index is 12.7. The summed E-state index contributed by atoms with van der Waals surface area (Å²) in [7, 11) is 1.29. The van der Waals surface area contributed by atoms with Crippen molar-refractivity contribution >= 4 is 33.4 Å². The second kappa shape index (κ2) is 13.7. The highest BCUT2D eigenvalue weighted by molar-refractivity contribution is 7.16. The molecule has 3 aromatic carbocycles. The minimum Gasteiger partial charge on any atom is -0.492 e. The van der Waals surface area contributed by atoms with Crippen molar-refractivity contribution in [1.29, 1.82) is 0 Å². The van der Waals surface area contributed by atoms with Gasteiger partial charge in [0.25, 0.3) is 0 Å². The maximum Gasteiger partial charge on any atom is 0.328 e. The molecule has 40 heavy (non-hydrogen) atoms. The number of nitrogens with zero attached hydrogens (tertiary/aromatic N) is 2. The minimum atomic E-state index is -0.764. The summed E-state index contributed by atoms with van der Waals surface area (Å²) in [6, 6.07) is 20.7. The largest absolute Gasteiger partial charge is 0.492 e. The van der Waals surface area contributed by atoms with E-state index in [0.717, 1.165) is 38.2 Å². The fourth-order valence-corrected chi connectivity index (χ4v) is 5.42. The van der Waals surface area contributed by atoms with E-state index in [4.69, 9.17) is 9.47 Å². The monoisotopic (exact) mass is 561 g/mol. The Morgan fingerprint density at radius 1 is 1.02 bits per heavy atom. The molecule has 4 rings (SSSR count). The number of carbonyl (C=O) groups excluding carboxylic acids is 2. The molecule has 0 saturated heterocycles. The molecule has 0 radical (unpaired) electrons. The molecule has 1 N–H and O–H groups in total. The summed E-state index contributed by atoms with van der Waals surface area (Å²) in [6.45, 7) is 2.52. The number of nitrogens with one attached hydrogen (secondary N) is 1. The Morgan fingerprint density at radius 3 is 2.45 bits per heavy atom. The molecule has 0 spiro atoms. The fourth-order valence-electron chi connectivity index (χ4n) is 4.46. The van der Waals surface area contributed by atoms with Gasteiger partial charge in [-0.25, -0.2) is 4.79 Å². The second-order valence-corrected chi connectivity index (χ2v) is 10.2. The van der Waals surface area contributed by atoms with E-state index in [1.165, 1.54) is 7.11 Å². The minimum absolute atomic E-state index is 0.111. The molecule has 9 nitrogen and oxygen atoms in total. The number of amides is 1. The average Bonchev–Trinajstić information content (AvgIpc) is 3.28. The van der Waals surface area contributed by atoms with Crippen molar-refractivity contribution < 1.29 is 19.1 Å². The van der Waals surface area contributed by atoms with Gasteiger partial charge in [0, 0.05) is 12.8 Å². The van der Waals surface area contributed by atoms with Crippen molar-refractivity contribution in [3.8, 4) is 5.75 Å². The zero-order valence-corrected chi connectivity index (χ0v) is 23.2. The molecular formula is C30H31N3O6S. The number of fused-ring (bicyclic) bond motifs is 1. The number of aromatic nitrogens is 1. The van der Waals surface area contributed by atoms with Crippen LogP contribution in [-0.4, -0.2) is 36.2 Å². The van der Waals surface area contributed by atoms with Crippen LogP contribution in [0.2, 0.25) is 0 Å². The third kappa shape index (κ3) is 7.01. The lowest BCUT2D eigenvalue weighted by Gasteiger charge is -2.17. The molecule has 1 aromatic heterocycles. The Hall–Kier alpha value is -4.31. The Balaban J connectivity index is 1.38. The van der Waals surface area contributed by atoms with Gasteiger partial charge in [-0.2, -0.15) is 0 Å². The molecule has 1 heterocycles. The molecule has 0 aliphatic carbocycles. The van der Waals surface area contributed by atoms with Crippen LogP contribution >= 0.6 is 11.3 Å². The van der Waals surface area contributed by atoms with E-state index in [1.807, 2.05) is 67.6 Å². The summed E-state index contributed by atoms with van der Waals surface area (Å²) >= 11 is 1.12. The average molecular weight is 562 g/mol. The van der Waals surface area contributed by atoms with Crippen molar-refractivity contribution in [3.63, 3.8) is 0 Å². The molecule has 2 atom stereocenters. The number of esters is 1. The molecular weight excluding hydrogens is 530 g/mol. The quantitative estimate of drug-likeness (QED) is 0.181. The van der Waals surface area contributed by atoms with E-state index in [-0.39, 0.29) is 17.4 Å².